The number of rotatable bonds is 4. The number of carbonyl (C=O) groups is 1. The smallest absolute Gasteiger partial charge is 0.232 e. The molecule has 0 bridgehead atoms. The van der Waals surface area contributed by atoms with Crippen molar-refractivity contribution < 1.29 is 9.53 Å². The van der Waals surface area contributed by atoms with Gasteiger partial charge in [0, 0.05) is 25.4 Å². The average molecular weight is 333 g/mol. The van der Waals surface area contributed by atoms with Crippen LogP contribution in [0.1, 0.15) is 12.0 Å². The van der Waals surface area contributed by atoms with Crippen molar-refractivity contribution >= 4 is 16.7 Å². The first-order valence-corrected chi connectivity index (χ1v) is 8.47. The average Bonchev–Trinajstić information content (AvgIpc) is 3.11. The zero-order valence-corrected chi connectivity index (χ0v) is 13.8. The molecule has 0 N–H and O–H groups in total. The van der Waals surface area contributed by atoms with Gasteiger partial charge in [0.25, 0.3) is 0 Å². The first-order valence-electron chi connectivity index (χ1n) is 8.47. The van der Waals surface area contributed by atoms with Gasteiger partial charge in [-0.1, -0.05) is 42.5 Å². The van der Waals surface area contributed by atoms with Crippen LogP contribution in [0.5, 0.6) is 5.88 Å². The Hall–Kier alpha value is -2.95. The quantitative estimate of drug-likeness (QED) is 0.737. The van der Waals surface area contributed by atoms with Crippen molar-refractivity contribution in [2.75, 3.05) is 13.1 Å². The van der Waals surface area contributed by atoms with Gasteiger partial charge in [-0.2, -0.15) is 0 Å². The normalized spacial score (nSPS) is 17.0. The molecule has 1 amide bonds. The fraction of sp³-hybridized carbons (Fsp3) is 0.250. The molecule has 1 unspecified atom stereocenters. The van der Waals surface area contributed by atoms with Crippen LogP contribution in [0.3, 0.4) is 0 Å². The third-order valence-electron chi connectivity index (χ3n) is 4.55. The fourth-order valence-corrected chi connectivity index (χ4v) is 3.29. The highest BCUT2D eigenvalue weighted by Gasteiger charge is 2.28. The van der Waals surface area contributed by atoms with Gasteiger partial charge < -0.3 is 9.64 Å². The minimum absolute atomic E-state index is 0.0202. The van der Waals surface area contributed by atoms with Crippen molar-refractivity contribution in [3.05, 3.63) is 66.6 Å². The van der Waals surface area contributed by atoms with Gasteiger partial charge in [-0.15, -0.1) is 0 Å². The monoisotopic (exact) mass is 333 g/mol. The number of carbonyl (C=O) groups excluding carboxylic acids is 1. The van der Waals surface area contributed by atoms with Crippen molar-refractivity contribution in [3.8, 4) is 5.88 Å². The zero-order chi connectivity index (χ0) is 17.1. The second-order valence-electron chi connectivity index (χ2n) is 6.23. The molecule has 0 spiro atoms. The molecule has 4 rings (SSSR count). The Morgan fingerprint density at radius 2 is 2.04 bits per heavy atom. The highest BCUT2D eigenvalue weighted by molar-refractivity contribution is 5.90. The summed E-state index contributed by atoms with van der Waals surface area (Å²) in [6, 6.07) is 14.3. The van der Waals surface area contributed by atoms with Gasteiger partial charge in [-0.05, 0) is 16.3 Å². The van der Waals surface area contributed by atoms with Crippen LogP contribution >= 0.6 is 0 Å². The van der Waals surface area contributed by atoms with E-state index in [4.69, 9.17) is 4.74 Å². The third-order valence-corrected chi connectivity index (χ3v) is 4.55. The molecule has 1 atom stereocenters. The predicted octanol–water partition coefficient (Wildman–Crippen LogP) is 2.85. The maximum absolute atomic E-state index is 12.7. The van der Waals surface area contributed by atoms with Crippen LogP contribution in [-0.2, 0) is 11.2 Å². The molecule has 2 heterocycles. The lowest BCUT2D eigenvalue weighted by Gasteiger charge is -2.17. The summed E-state index contributed by atoms with van der Waals surface area (Å²) in [5, 5.41) is 2.31. The van der Waals surface area contributed by atoms with E-state index < -0.39 is 0 Å². The van der Waals surface area contributed by atoms with Crippen molar-refractivity contribution in [1.29, 1.82) is 0 Å². The molecule has 0 radical (unpaired) electrons. The second-order valence-corrected chi connectivity index (χ2v) is 6.23. The van der Waals surface area contributed by atoms with Gasteiger partial charge in [0.05, 0.1) is 19.2 Å². The minimum atomic E-state index is -0.0202. The van der Waals surface area contributed by atoms with E-state index >= 15 is 0 Å². The molecule has 0 aliphatic carbocycles. The van der Waals surface area contributed by atoms with Crippen LogP contribution in [0, 0.1) is 0 Å². The number of amides is 1. The summed E-state index contributed by atoms with van der Waals surface area (Å²) in [6.07, 6.45) is 6.03. The van der Waals surface area contributed by atoms with Crippen LogP contribution in [0.25, 0.3) is 10.8 Å². The number of hydrogen-bond donors (Lipinski definition) is 0. The molecule has 1 aliphatic rings. The molecular formula is C20H19N3O2. The maximum atomic E-state index is 12.7. The summed E-state index contributed by atoms with van der Waals surface area (Å²) < 4.78 is 5.81. The summed E-state index contributed by atoms with van der Waals surface area (Å²) in [6.45, 7) is 1.31. The zero-order valence-electron chi connectivity index (χ0n) is 13.8. The number of aromatic nitrogens is 2. The molecule has 126 valence electrons. The number of benzene rings is 2. The molecule has 1 saturated heterocycles. The minimum Gasteiger partial charge on any atom is -0.471 e. The lowest BCUT2D eigenvalue weighted by molar-refractivity contribution is -0.129. The Labute approximate surface area is 146 Å². The number of hydrogen-bond acceptors (Lipinski definition) is 4. The molecule has 2 aromatic carbocycles. The Morgan fingerprint density at radius 3 is 2.92 bits per heavy atom. The van der Waals surface area contributed by atoms with E-state index in [1.54, 1.807) is 18.6 Å². The van der Waals surface area contributed by atoms with Crippen LogP contribution in [0.2, 0.25) is 0 Å². The molecule has 1 fully saturated rings. The molecule has 5 heteroatoms. The summed E-state index contributed by atoms with van der Waals surface area (Å²) in [5.41, 5.74) is 1.07. The SMILES string of the molecule is O=C(Cc1cccc2ccccc12)N1CCC(Oc2cnccn2)C1. The van der Waals surface area contributed by atoms with E-state index in [9.17, 15) is 4.79 Å². The lowest BCUT2D eigenvalue weighted by atomic mass is 10.0. The molecular weight excluding hydrogens is 314 g/mol. The van der Waals surface area contributed by atoms with Crippen molar-refractivity contribution in [2.24, 2.45) is 0 Å². The van der Waals surface area contributed by atoms with Gasteiger partial charge in [-0.3, -0.25) is 9.78 Å². The summed E-state index contributed by atoms with van der Waals surface area (Å²) in [5.74, 6) is 0.650. The van der Waals surface area contributed by atoms with Crippen LogP contribution in [0.4, 0.5) is 0 Å². The van der Waals surface area contributed by atoms with Gasteiger partial charge in [0.1, 0.15) is 6.10 Å². The molecule has 25 heavy (non-hydrogen) atoms. The number of nitrogens with zero attached hydrogens (tertiary/aromatic N) is 3. The first-order chi connectivity index (χ1) is 12.3. The third kappa shape index (κ3) is 3.45. The fourth-order valence-electron chi connectivity index (χ4n) is 3.29. The summed E-state index contributed by atoms with van der Waals surface area (Å²) in [7, 11) is 0. The van der Waals surface area contributed by atoms with Crippen molar-refractivity contribution in [2.45, 2.75) is 18.9 Å². The van der Waals surface area contributed by atoms with Crippen molar-refractivity contribution in [1.82, 2.24) is 14.9 Å². The van der Waals surface area contributed by atoms with E-state index in [0.29, 0.717) is 25.4 Å². The lowest BCUT2D eigenvalue weighted by Crippen LogP contribution is -2.32. The second kappa shape index (κ2) is 6.89. The Kier molecular flexibility index (Phi) is 4.29. The van der Waals surface area contributed by atoms with Crippen molar-refractivity contribution in [3.63, 3.8) is 0 Å². The van der Waals surface area contributed by atoms with E-state index in [1.807, 2.05) is 29.2 Å². The van der Waals surface area contributed by atoms with Gasteiger partial charge in [-0.25, -0.2) is 4.98 Å². The molecule has 0 saturated carbocycles. The number of likely N-dealkylation sites (tertiary alicyclic amines) is 1. The van der Waals surface area contributed by atoms with Crippen LogP contribution < -0.4 is 4.74 Å². The summed E-state index contributed by atoms with van der Waals surface area (Å²) in [4.78, 5) is 22.7. The predicted molar refractivity (Wildman–Crippen MR) is 95.3 cm³/mol. The van der Waals surface area contributed by atoms with E-state index in [-0.39, 0.29) is 12.0 Å². The Balaban J connectivity index is 1.42. The highest BCUT2D eigenvalue weighted by Crippen LogP contribution is 2.21. The van der Waals surface area contributed by atoms with Gasteiger partial charge >= 0.3 is 0 Å². The number of ether oxygens (including phenoxy) is 1. The molecule has 1 aliphatic heterocycles. The summed E-state index contributed by atoms with van der Waals surface area (Å²) >= 11 is 0. The topological polar surface area (TPSA) is 55.3 Å². The van der Waals surface area contributed by atoms with Crippen LogP contribution in [-0.4, -0.2) is 40.0 Å². The number of fused-ring (bicyclic) bond motifs is 1. The maximum Gasteiger partial charge on any atom is 0.232 e. The van der Waals surface area contributed by atoms with E-state index in [1.165, 1.54) is 0 Å². The Bertz CT molecular complexity index is 877. The van der Waals surface area contributed by atoms with E-state index in [2.05, 4.69) is 28.2 Å². The molecule has 1 aromatic heterocycles. The first kappa shape index (κ1) is 15.6. The standard InChI is InChI=1S/C20H19N3O2/c24-20(12-16-6-3-5-15-4-1-2-7-18(15)16)23-11-8-17(14-23)25-19-13-21-9-10-22-19/h1-7,9-10,13,17H,8,11-12,14H2. The highest BCUT2D eigenvalue weighted by atomic mass is 16.5. The largest absolute Gasteiger partial charge is 0.471 e. The van der Waals surface area contributed by atoms with Gasteiger partial charge in [0.15, 0.2) is 0 Å². The molecule has 3 aromatic rings. The Morgan fingerprint density at radius 1 is 1.16 bits per heavy atom. The van der Waals surface area contributed by atoms with Gasteiger partial charge in [0.2, 0.25) is 11.8 Å². The van der Waals surface area contributed by atoms with E-state index in [0.717, 1.165) is 22.8 Å². The van der Waals surface area contributed by atoms with Crippen LogP contribution in [0.15, 0.2) is 61.1 Å². The molecule has 5 nitrogen and oxygen atoms in total.